The van der Waals surface area contributed by atoms with E-state index in [1.807, 2.05) is 0 Å². The number of aldehydes is 2. The molecule has 1 N–H and O–H groups in total. The van der Waals surface area contributed by atoms with E-state index in [9.17, 15) is 45.5 Å². The topological polar surface area (TPSA) is 116 Å². The summed E-state index contributed by atoms with van der Waals surface area (Å²) in [5.74, 6) is -3.82. The van der Waals surface area contributed by atoms with Crippen molar-refractivity contribution in [1.82, 2.24) is 0 Å². The second-order valence-corrected chi connectivity index (χ2v) is 6.32. The Balaban J connectivity index is 0.000000351. The van der Waals surface area contributed by atoms with E-state index in [4.69, 9.17) is 5.11 Å². The van der Waals surface area contributed by atoms with Crippen LogP contribution in [-0.4, -0.2) is 50.9 Å². The van der Waals surface area contributed by atoms with Gasteiger partial charge in [-0.1, -0.05) is 0 Å². The number of esters is 1. The molecular formula is C21H16F6O8. The number of carbonyl (C=O) groups excluding carboxylic acids is 3. The number of hydrogen-bond acceptors (Lipinski definition) is 7. The summed E-state index contributed by atoms with van der Waals surface area (Å²) in [5.41, 5.74) is -4.31. The molecule has 8 nitrogen and oxygen atoms in total. The highest BCUT2D eigenvalue weighted by atomic mass is 19.4. The summed E-state index contributed by atoms with van der Waals surface area (Å²) in [6, 6.07) is 2.81. The first-order chi connectivity index (χ1) is 16.2. The number of carbonyl (C=O) groups is 4. The summed E-state index contributed by atoms with van der Waals surface area (Å²) >= 11 is 0. The van der Waals surface area contributed by atoms with Gasteiger partial charge in [0.25, 0.3) is 0 Å². The summed E-state index contributed by atoms with van der Waals surface area (Å²) in [5, 5.41) is 8.63. The van der Waals surface area contributed by atoms with E-state index in [0.29, 0.717) is 12.1 Å². The van der Waals surface area contributed by atoms with E-state index in [0.717, 1.165) is 33.5 Å². The first-order valence-corrected chi connectivity index (χ1v) is 8.96. The number of carboxylic acids is 1. The van der Waals surface area contributed by atoms with E-state index in [-0.39, 0.29) is 23.7 Å². The van der Waals surface area contributed by atoms with Crippen molar-refractivity contribution >= 4 is 24.5 Å². The highest BCUT2D eigenvalue weighted by molar-refractivity contribution is 5.94. The third-order valence-electron chi connectivity index (χ3n) is 4.18. The third-order valence-corrected chi connectivity index (χ3v) is 4.18. The molecule has 2 aromatic rings. The van der Waals surface area contributed by atoms with Gasteiger partial charge in [0.15, 0.2) is 12.6 Å². The van der Waals surface area contributed by atoms with Crippen LogP contribution in [0.25, 0.3) is 0 Å². The molecule has 0 spiro atoms. The van der Waals surface area contributed by atoms with Crippen molar-refractivity contribution in [3.05, 3.63) is 57.6 Å². The molecule has 35 heavy (non-hydrogen) atoms. The fourth-order valence-corrected chi connectivity index (χ4v) is 2.71. The lowest BCUT2D eigenvalue weighted by Gasteiger charge is -2.14. The molecule has 0 aromatic heterocycles. The molecule has 2 aromatic carbocycles. The molecule has 0 aliphatic heterocycles. The van der Waals surface area contributed by atoms with Crippen LogP contribution in [0.5, 0.6) is 11.5 Å². The Hall–Kier alpha value is -4.10. The predicted octanol–water partition coefficient (Wildman–Crippen LogP) is 4.54. The van der Waals surface area contributed by atoms with Crippen LogP contribution in [0.3, 0.4) is 0 Å². The Bertz CT molecular complexity index is 1120. The number of benzene rings is 2. The quantitative estimate of drug-likeness (QED) is 0.342. The maximum Gasteiger partial charge on any atom is 0.420 e. The van der Waals surface area contributed by atoms with E-state index < -0.39 is 58.0 Å². The average molecular weight is 510 g/mol. The fraction of sp³-hybridized carbons (Fsp3) is 0.238. The maximum atomic E-state index is 12.8. The van der Waals surface area contributed by atoms with Gasteiger partial charge in [0, 0.05) is 0 Å². The van der Waals surface area contributed by atoms with Gasteiger partial charge in [0.05, 0.1) is 54.7 Å². The minimum atomic E-state index is -4.80. The lowest BCUT2D eigenvalue weighted by atomic mass is 10.0. The molecule has 0 aliphatic carbocycles. The van der Waals surface area contributed by atoms with Gasteiger partial charge in [0.1, 0.15) is 11.5 Å². The Kier molecular flexibility index (Phi) is 9.39. The van der Waals surface area contributed by atoms with E-state index in [1.54, 1.807) is 0 Å². The van der Waals surface area contributed by atoms with Crippen molar-refractivity contribution in [2.75, 3.05) is 21.3 Å². The lowest BCUT2D eigenvalue weighted by molar-refractivity contribution is -0.139. The molecule has 0 heterocycles. The number of alkyl halides is 6. The zero-order valence-corrected chi connectivity index (χ0v) is 18.0. The Morgan fingerprint density at radius 2 is 1.11 bits per heavy atom. The number of ether oxygens (including phenoxy) is 3. The molecule has 0 radical (unpaired) electrons. The molecule has 0 aliphatic rings. The summed E-state index contributed by atoms with van der Waals surface area (Å²) in [6.07, 6.45) is -9.25. The van der Waals surface area contributed by atoms with Crippen molar-refractivity contribution in [2.45, 2.75) is 12.4 Å². The smallest absolute Gasteiger partial charge is 0.420 e. The SMILES string of the molecule is COC(=O)c1cc(C=O)c(OC)c(C(F)(F)F)c1.COc1c(C=O)cc(C(=O)O)cc1C(F)(F)F. The van der Waals surface area contributed by atoms with Gasteiger partial charge in [0.2, 0.25) is 0 Å². The van der Waals surface area contributed by atoms with Gasteiger partial charge in [-0.15, -0.1) is 0 Å². The highest BCUT2D eigenvalue weighted by Gasteiger charge is 2.37. The number of methoxy groups -OCH3 is 3. The highest BCUT2D eigenvalue weighted by Crippen LogP contribution is 2.39. The molecule has 14 heteroatoms. The molecular weight excluding hydrogens is 494 g/mol. The monoisotopic (exact) mass is 510 g/mol. The summed E-state index contributed by atoms with van der Waals surface area (Å²) in [4.78, 5) is 43.2. The van der Waals surface area contributed by atoms with Crippen molar-refractivity contribution in [3.63, 3.8) is 0 Å². The number of rotatable bonds is 6. The first-order valence-electron chi connectivity index (χ1n) is 8.96. The van der Waals surface area contributed by atoms with Crippen LogP contribution >= 0.6 is 0 Å². The van der Waals surface area contributed by atoms with Crippen LogP contribution in [0.15, 0.2) is 24.3 Å². The molecule has 0 unspecified atom stereocenters. The Morgan fingerprint density at radius 1 is 0.743 bits per heavy atom. The number of hydrogen-bond donors (Lipinski definition) is 1. The zero-order valence-electron chi connectivity index (χ0n) is 18.0. The minimum Gasteiger partial charge on any atom is -0.495 e. The van der Waals surface area contributed by atoms with Gasteiger partial charge < -0.3 is 19.3 Å². The van der Waals surface area contributed by atoms with Gasteiger partial charge >= 0.3 is 24.3 Å². The predicted molar refractivity (Wildman–Crippen MR) is 105 cm³/mol. The van der Waals surface area contributed by atoms with Crippen molar-refractivity contribution in [1.29, 1.82) is 0 Å². The van der Waals surface area contributed by atoms with Crippen molar-refractivity contribution < 1.29 is 64.8 Å². The van der Waals surface area contributed by atoms with E-state index >= 15 is 0 Å². The molecule has 0 amide bonds. The standard InChI is InChI=1S/C11H9F3O4.C10H7F3O4/c1-17-9-7(5-15)3-6(10(16)18-2)4-8(9)11(12,13)14;1-17-8-6(4-14)2-5(9(15)16)3-7(8)10(11,12)13/h3-5H,1-2H3;2-4H,1H3,(H,15,16). The molecule has 0 saturated carbocycles. The summed E-state index contributed by atoms with van der Waals surface area (Å²) in [6.45, 7) is 0. The van der Waals surface area contributed by atoms with Crippen LogP contribution in [0.1, 0.15) is 52.6 Å². The lowest BCUT2D eigenvalue weighted by Crippen LogP contribution is -2.12. The van der Waals surface area contributed by atoms with Crippen LogP contribution in [0, 0.1) is 0 Å². The van der Waals surface area contributed by atoms with Crippen molar-refractivity contribution in [3.8, 4) is 11.5 Å². The Morgan fingerprint density at radius 3 is 1.40 bits per heavy atom. The van der Waals surface area contributed by atoms with Gasteiger partial charge in [-0.2, -0.15) is 26.3 Å². The number of aromatic carboxylic acids is 1. The normalized spacial score (nSPS) is 11.0. The average Bonchev–Trinajstić information content (AvgIpc) is 2.80. The maximum absolute atomic E-state index is 12.8. The number of halogens is 6. The molecule has 0 saturated heterocycles. The van der Waals surface area contributed by atoms with Crippen LogP contribution in [0.2, 0.25) is 0 Å². The van der Waals surface area contributed by atoms with Gasteiger partial charge in [-0.3, -0.25) is 9.59 Å². The molecule has 0 atom stereocenters. The molecule has 2 rings (SSSR count). The molecule has 0 fully saturated rings. The second kappa shape index (κ2) is 11.4. The van der Waals surface area contributed by atoms with Gasteiger partial charge in [-0.05, 0) is 24.3 Å². The van der Waals surface area contributed by atoms with Crippen LogP contribution in [0.4, 0.5) is 26.3 Å². The largest absolute Gasteiger partial charge is 0.495 e. The Labute approximate surface area is 193 Å². The number of carboxylic acid groups (broad SMARTS) is 1. The zero-order chi connectivity index (χ0) is 27.1. The van der Waals surface area contributed by atoms with Crippen LogP contribution in [-0.2, 0) is 17.1 Å². The first kappa shape index (κ1) is 28.9. The molecule has 0 bridgehead atoms. The van der Waals surface area contributed by atoms with E-state index in [1.165, 1.54) is 0 Å². The fourth-order valence-electron chi connectivity index (χ4n) is 2.71. The van der Waals surface area contributed by atoms with E-state index in [2.05, 4.69) is 14.2 Å². The van der Waals surface area contributed by atoms with Crippen molar-refractivity contribution in [2.24, 2.45) is 0 Å². The van der Waals surface area contributed by atoms with Crippen LogP contribution < -0.4 is 9.47 Å². The summed E-state index contributed by atoms with van der Waals surface area (Å²) in [7, 11) is 3.01. The molecule has 190 valence electrons. The summed E-state index contributed by atoms with van der Waals surface area (Å²) < 4.78 is 89.4. The minimum absolute atomic E-state index is 0.112. The third kappa shape index (κ3) is 6.94. The second-order valence-electron chi connectivity index (χ2n) is 6.32. The van der Waals surface area contributed by atoms with Gasteiger partial charge in [-0.25, -0.2) is 9.59 Å².